The predicted molar refractivity (Wildman–Crippen MR) is 55.7 cm³/mol. The van der Waals surface area contributed by atoms with Crippen LogP contribution in [0.1, 0.15) is 35.5 Å². The van der Waals surface area contributed by atoms with Gasteiger partial charge in [0.05, 0.1) is 6.61 Å². The monoisotopic (exact) mass is 189 g/mol. The maximum atomic E-state index is 11.1. The molecule has 3 heteroatoms. The zero-order chi connectivity index (χ0) is 10.3. The van der Waals surface area contributed by atoms with E-state index >= 15 is 0 Å². The van der Waals surface area contributed by atoms with Crippen molar-refractivity contribution in [1.29, 1.82) is 0 Å². The summed E-state index contributed by atoms with van der Waals surface area (Å²) in [5.74, 6) is 0.604. The summed E-state index contributed by atoms with van der Waals surface area (Å²) in [4.78, 5) is 11.1. The molecule has 0 rings (SSSR count). The lowest BCUT2D eigenvalue weighted by Crippen LogP contribution is -2.30. The Morgan fingerprint density at radius 2 is 2.00 bits per heavy atom. The van der Waals surface area contributed by atoms with E-state index in [-0.39, 0.29) is 13.4 Å². The summed E-state index contributed by atoms with van der Waals surface area (Å²) in [6, 6.07) is 0.220. The maximum absolute atomic E-state index is 11.1. The lowest BCUT2D eigenvalue weighted by atomic mass is 10.2. The minimum Gasteiger partial charge on any atom is -0.381 e. The number of nitrogens with one attached hydrogen (secondary N) is 1. The van der Waals surface area contributed by atoms with E-state index in [0.29, 0.717) is 18.9 Å². The van der Waals surface area contributed by atoms with Gasteiger partial charge >= 0.3 is 0 Å². The van der Waals surface area contributed by atoms with Gasteiger partial charge in [0, 0.05) is 20.5 Å². The number of carbonyl (C=O) groups excluding carboxylic acids is 1. The Labute approximate surface area is 82.3 Å². The van der Waals surface area contributed by atoms with Crippen molar-refractivity contribution in [2.24, 2.45) is 5.92 Å². The topological polar surface area (TPSA) is 38.3 Å². The summed E-state index contributed by atoms with van der Waals surface area (Å²) in [7, 11) is 0. The lowest BCUT2D eigenvalue weighted by Gasteiger charge is -2.09. The highest BCUT2D eigenvalue weighted by Gasteiger charge is 2.02. The van der Waals surface area contributed by atoms with Gasteiger partial charge in [-0.2, -0.15) is 0 Å². The molecule has 3 nitrogen and oxygen atoms in total. The highest BCUT2D eigenvalue weighted by molar-refractivity contribution is 5.76. The van der Waals surface area contributed by atoms with Gasteiger partial charge in [0.15, 0.2) is 0 Å². The fraction of sp³-hybridized carbons (Fsp3) is 0.900. The van der Waals surface area contributed by atoms with Gasteiger partial charge in [0.2, 0.25) is 5.91 Å². The van der Waals surface area contributed by atoms with Gasteiger partial charge < -0.3 is 10.1 Å². The van der Waals surface area contributed by atoms with Crippen molar-refractivity contribution in [2.45, 2.75) is 40.2 Å². The Morgan fingerprint density at radius 1 is 1.38 bits per heavy atom. The molecule has 1 N–H and O–H groups in total. The Balaban J connectivity index is 0. The zero-order valence-electron chi connectivity index (χ0n) is 9.09. The van der Waals surface area contributed by atoms with Gasteiger partial charge in [0.1, 0.15) is 0 Å². The molecule has 0 aliphatic heterocycles. The van der Waals surface area contributed by atoms with E-state index in [1.165, 1.54) is 0 Å². The third kappa shape index (κ3) is 9.34. The van der Waals surface area contributed by atoms with Gasteiger partial charge in [-0.25, -0.2) is 0 Å². The fourth-order valence-corrected chi connectivity index (χ4v) is 0.878. The normalized spacial score (nSPS) is 10.9. The first-order valence-corrected chi connectivity index (χ1v) is 4.89. The summed E-state index contributed by atoms with van der Waals surface area (Å²) in [5.41, 5.74) is 0. The first kappa shape index (κ1) is 12.4. The van der Waals surface area contributed by atoms with Crippen molar-refractivity contribution in [1.82, 2.24) is 5.32 Å². The van der Waals surface area contributed by atoms with E-state index in [0.717, 1.165) is 6.61 Å². The van der Waals surface area contributed by atoms with Crippen LogP contribution in [0.25, 0.3) is 0 Å². The molecule has 0 aliphatic carbocycles. The summed E-state index contributed by atoms with van der Waals surface area (Å²) >= 11 is 0. The highest BCUT2D eigenvalue weighted by Crippen LogP contribution is 1.93. The number of rotatable bonds is 6. The van der Waals surface area contributed by atoms with E-state index < -0.39 is 0 Å². The van der Waals surface area contributed by atoms with Crippen LogP contribution in [0.3, 0.4) is 0 Å². The number of carbonyl (C=O) groups is 1. The zero-order valence-corrected chi connectivity index (χ0v) is 9.09. The molecule has 0 aromatic heterocycles. The molecule has 0 heterocycles. The van der Waals surface area contributed by atoms with Crippen molar-refractivity contribution in [3.05, 3.63) is 0 Å². The minimum absolute atomic E-state index is 0. The molecule has 80 valence electrons. The standard InChI is InChI=1S/C10H21NO2.H2/c1-8(2)7-13-6-5-10(12)11-9(3)4;/h8-9H,5-7H2,1-4H3,(H,11,12);1H. The van der Waals surface area contributed by atoms with Crippen LogP contribution in [0.15, 0.2) is 0 Å². The smallest absolute Gasteiger partial charge is 0.222 e. The largest absolute Gasteiger partial charge is 0.381 e. The predicted octanol–water partition coefficient (Wildman–Crippen LogP) is 1.82. The van der Waals surface area contributed by atoms with E-state index in [2.05, 4.69) is 19.2 Å². The van der Waals surface area contributed by atoms with Crippen LogP contribution in [0, 0.1) is 5.92 Å². The van der Waals surface area contributed by atoms with Crippen LogP contribution < -0.4 is 5.32 Å². The molecule has 0 saturated carbocycles. The molecule has 0 atom stereocenters. The molecule has 13 heavy (non-hydrogen) atoms. The molecule has 0 aromatic carbocycles. The molecule has 0 spiro atoms. The highest BCUT2D eigenvalue weighted by atomic mass is 16.5. The molecular weight excluding hydrogens is 166 g/mol. The molecule has 0 aromatic rings. The molecule has 0 bridgehead atoms. The van der Waals surface area contributed by atoms with Crippen molar-refractivity contribution in [3.63, 3.8) is 0 Å². The Hall–Kier alpha value is -0.570. The van der Waals surface area contributed by atoms with Crippen molar-refractivity contribution >= 4 is 5.91 Å². The second kappa shape index (κ2) is 6.89. The first-order valence-electron chi connectivity index (χ1n) is 4.89. The molecule has 0 saturated heterocycles. The number of ether oxygens (including phenoxy) is 1. The van der Waals surface area contributed by atoms with E-state index in [1.807, 2.05) is 13.8 Å². The second-order valence-electron chi connectivity index (χ2n) is 3.94. The van der Waals surface area contributed by atoms with Crippen LogP contribution in [-0.4, -0.2) is 25.2 Å². The van der Waals surface area contributed by atoms with E-state index in [4.69, 9.17) is 4.74 Å². The third-order valence-electron chi connectivity index (χ3n) is 1.37. The average molecular weight is 189 g/mol. The number of amides is 1. The van der Waals surface area contributed by atoms with Crippen LogP contribution in [-0.2, 0) is 9.53 Å². The van der Waals surface area contributed by atoms with Crippen LogP contribution >= 0.6 is 0 Å². The van der Waals surface area contributed by atoms with Gasteiger partial charge in [0.25, 0.3) is 0 Å². The lowest BCUT2D eigenvalue weighted by molar-refractivity contribution is -0.122. The van der Waals surface area contributed by atoms with Crippen molar-refractivity contribution in [3.8, 4) is 0 Å². The summed E-state index contributed by atoms with van der Waals surface area (Å²) in [5, 5.41) is 2.81. The molecular formula is C10H23NO2. The maximum Gasteiger partial charge on any atom is 0.222 e. The van der Waals surface area contributed by atoms with E-state index in [1.54, 1.807) is 0 Å². The molecule has 0 fully saturated rings. The molecule has 1 amide bonds. The first-order chi connectivity index (χ1) is 6.02. The molecule has 0 radical (unpaired) electrons. The number of hydrogen-bond donors (Lipinski definition) is 1. The van der Waals surface area contributed by atoms with E-state index in [9.17, 15) is 4.79 Å². The Bertz CT molecular complexity index is 149. The third-order valence-corrected chi connectivity index (χ3v) is 1.37. The van der Waals surface area contributed by atoms with Crippen LogP contribution in [0.2, 0.25) is 0 Å². The fourth-order valence-electron chi connectivity index (χ4n) is 0.878. The Morgan fingerprint density at radius 3 is 2.46 bits per heavy atom. The van der Waals surface area contributed by atoms with Crippen molar-refractivity contribution in [2.75, 3.05) is 13.2 Å². The van der Waals surface area contributed by atoms with Crippen LogP contribution in [0.5, 0.6) is 0 Å². The summed E-state index contributed by atoms with van der Waals surface area (Å²) < 4.78 is 5.29. The SMILES string of the molecule is CC(C)COCCC(=O)NC(C)C.[HH]. The summed E-state index contributed by atoms with van der Waals surface area (Å²) in [6.07, 6.45) is 0.463. The molecule has 0 aliphatic rings. The van der Waals surface area contributed by atoms with Gasteiger partial charge in [-0.05, 0) is 19.8 Å². The quantitative estimate of drug-likeness (QED) is 0.647. The second-order valence-corrected chi connectivity index (χ2v) is 3.94. The van der Waals surface area contributed by atoms with Gasteiger partial charge in [-0.1, -0.05) is 13.8 Å². The van der Waals surface area contributed by atoms with Crippen molar-refractivity contribution < 1.29 is 11.0 Å². The Kier molecular flexibility index (Phi) is 6.59. The van der Waals surface area contributed by atoms with Gasteiger partial charge in [-0.15, -0.1) is 0 Å². The van der Waals surface area contributed by atoms with Gasteiger partial charge in [-0.3, -0.25) is 4.79 Å². The minimum atomic E-state index is 0. The average Bonchev–Trinajstić information content (AvgIpc) is 1.96. The number of hydrogen-bond acceptors (Lipinski definition) is 2. The summed E-state index contributed by atoms with van der Waals surface area (Å²) in [6.45, 7) is 9.34. The van der Waals surface area contributed by atoms with Crippen LogP contribution in [0.4, 0.5) is 0 Å². The molecule has 0 unspecified atom stereocenters.